The molecule has 1 aromatic rings. The number of aryl methyl sites for hydroxylation is 1. The number of hydrogen-bond acceptors (Lipinski definition) is 2. The molecule has 120 valence electrons. The number of carbonyl (C=O) groups is 2. The minimum absolute atomic E-state index is 0.0384. The molecule has 0 heterocycles. The van der Waals surface area contributed by atoms with Gasteiger partial charge in [0.2, 0.25) is 5.91 Å². The Hall–Kier alpha value is -1.84. The van der Waals surface area contributed by atoms with E-state index >= 15 is 0 Å². The normalized spacial score (nSPS) is 15.9. The third kappa shape index (κ3) is 5.51. The van der Waals surface area contributed by atoms with Gasteiger partial charge in [-0.3, -0.25) is 9.59 Å². The highest BCUT2D eigenvalue weighted by atomic mass is 16.2. The standard InChI is InChI=1S/C18H26N2O2/c1-14-7-6-8-15(13-14)18(22)19-12-11-17(21)20-16-9-4-2-3-5-10-16/h6-8,13,16H,2-5,9-12H2,1H3,(H,19,22)(H,20,21). The predicted molar refractivity (Wildman–Crippen MR) is 87.8 cm³/mol. The minimum Gasteiger partial charge on any atom is -0.353 e. The second-order valence-corrected chi connectivity index (χ2v) is 6.13. The molecule has 0 spiro atoms. The minimum atomic E-state index is -0.119. The molecule has 0 aliphatic heterocycles. The van der Waals surface area contributed by atoms with E-state index in [0.29, 0.717) is 24.6 Å². The quantitative estimate of drug-likeness (QED) is 0.822. The van der Waals surface area contributed by atoms with Gasteiger partial charge in [0.25, 0.3) is 5.91 Å². The number of hydrogen-bond donors (Lipinski definition) is 2. The van der Waals surface area contributed by atoms with Crippen LogP contribution in [0.15, 0.2) is 24.3 Å². The van der Waals surface area contributed by atoms with Crippen LogP contribution in [0.25, 0.3) is 0 Å². The molecule has 0 radical (unpaired) electrons. The van der Waals surface area contributed by atoms with E-state index < -0.39 is 0 Å². The summed E-state index contributed by atoms with van der Waals surface area (Å²) in [4.78, 5) is 23.9. The molecule has 0 bridgehead atoms. The van der Waals surface area contributed by atoms with Gasteiger partial charge in [-0.05, 0) is 31.9 Å². The first-order valence-corrected chi connectivity index (χ1v) is 8.29. The summed E-state index contributed by atoms with van der Waals surface area (Å²) < 4.78 is 0. The molecule has 0 aromatic heterocycles. The summed E-state index contributed by atoms with van der Waals surface area (Å²) in [6.07, 6.45) is 7.47. The molecule has 2 amide bonds. The van der Waals surface area contributed by atoms with Crippen LogP contribution in [0.4, 0.5) is 0 Å². The van der Waals surface area contributed by atoms with Crippen LogP contribution in [0.5, 0.6) is 0 Å². The molecular formula is C18H26N2O2. The summed E-state index contributed by atoms with van der Waals surface area (Å²) in [5.41, 5.74) is 1.70. The van der Waals surface area contributed by atoms with Crippen molar-refractivity contribution in [3.05, 3.63) is 35.4 Å². The van der Waals surface area contributed by atoms with Gasteiger partial charge in [-0.1, -0.05) is 43.4 Å². The van der Waals surface area contributed by atoms with E-state index in [1.165, 1.54) is 25.7 Å². The molecule has 1 aromatic carbocycles. The number of carbonyl (C=O) groups excluding carboxylic acids is 2. The monoisotopic (exact) mass is 302 g/mol. The summed E-state index contributed by atoms with van der Waals surface area (Å²) in [7, 11) is 0. The van der Waals surface area contributed by atoms with Gasteiger partial charge in [-0.25, -0.2) is 0 Å². The molecule has 2 rings (SSSR count). The SMILES string of the molecule is Cc1cccc(C(=O)NCCC(=O)NC2CCCCCC2)c1. The Kier molecular flexibility index (Phi) is 6.44. The fourth-order valence-electron chi connectivity index (χ4n) is 2.90. The van der Waals surface area contributed by atoms with Crippen LogP contribution in [0.1, 0.15) is 60.9 Å². The highest BCUT2D eigenvalue weighted by molar-refractivity contribution is 5.94. The summed E-state index contributed by atoms with van der Waals surface area (Å²) >= 11 is 0. The Morgan fingerprint density at radius 3 is 2.55 bits per heavy atom. The first kappa shape index (κ1) is 16.5. The van der Waals surface area contributed by atoms with Crippen molar-refractivity contribution in [2.75, 3.05) is 6.54 Å². The average molecular weight is 302 g/mol. The average Bonchev–Trinajstić information content (AvgIpc) is 2.75. The molecule has 2 N–H and O–H groups in total. The highest BCUT2D eigenvalue weighted by Gasteiger charge is 2.14. The largest absolute Gasteiger partial charge is 0.353 e. The fourth-order valence-corrected chi connectivity index (χ4v) is 2.90. The van der Waals surface area contributed by atoms with Crippen LogP contribution in [0.3, 0.4) is 0 Å². The molecule has 1 saturated carbocycles. The van der Waals surface area contributed by atoms with E-state index in [-0.39, 0.29) is 11.8 Å². The number of benzene rings is 1. The lowest BCUT2D eigenvalue weighted by Gasteiger charge is -2.16. The van der Waals surface area contributed by atoms with E-state index in [9.17, 15) is 9.59 Å². The number of amides is 2. The van der Waals surface area contributed by atoms with Gasteiger partial charge in [0.05, 0.1) is 0 Å². The second-order valence-electron chi connectivity index (χ2n) is 6.13. The molecular weight excluding hydrogens is 276 g/mol. The molecule has 0 unspecified atom stereocenters. The van der Waals surface area contributed by atoms with Crippen molar-refractivity contribution in [2.24, 2.45) is 0 Å². The van der Waals surface area contributed by atoms with E-state index in [1.807, 2.05) is 25.1 Å². The van der Waals surface area contributed by atoms with Crippen LogP contribution in [0, 0.1) is 6.92 Å². The Balaban J connectivity index is 1.69. The second kappa shape index (κ2) is 8.57. The zero-order valence-electron chi connectivity index (χ0n) is 13.4. The first-order chi connectivity index (χ1) is 10.6. The zero-order valence-corrected chi connectivity index (χ0v) is 13.4. The predicted octanol–water partition coefficient (Wildman–Crippen LogP) is 2.95. The Morgan fingerprint density at radius 1 is 1.14 bits per heavy atom. The van der Waals surface area contributed by atoms with Gasteiger partial charge >= 0.3 is 0 Å². The molecule has 0 saturated heterocycles. The van der Waals surface area contributed by atoms with Gasteiger partial charge in [0.1, 0.15) is 0 Å². The molecule has 4 nitrogen and oxygen atoms in total. The van der Waals surface area contributed by atoms with Crippen molar-refractivity contribution in [1.82, 2.24) is 10.6 Å². The molecule has 1 aliphatic rings. The first-order valence-electron chi connectivity index (χ1n) is 8.29. The third-order valence-electron chi connectivity index (χ3n) is 4.14. The van der Waals surface area contributed by atoms with Crippen molar-refractivity contribution in [3.63, 3.8) is 0 Å². The van der Waals surface area contributed by atoms with Crippen LogP contribution in [-0.4, -0.2) is 24.4 Å². The molecule has 22 heavy (non-hydrogen) atoms. The van der Waals surface area contributed by atoms with Gasteiger partial charge in [0.15, 0.2) is 0 Å². The van der Waals surface area contributed by atoms with Crippen LogP contribution < -0.4 is 10.6 Å². The molecule has 4 heteroatoms. The Labute approximate surface area is 132 Å². The summed E-state index contributed by atoms with van der Waals surface area (Å²) in [6.45, 7) is 2.34. The van der Waals surface area contributed by atoms with Gasteiger partial charge in [-0.2, -0.15) is 0 Å². The summed E-state index contributed by atoms with van der Waals surface area (Å²) in [5, 5.41) is 5.90. The van der Waals surface area contributed by atoms with Gasteiger partial charge in [0, 0.05) is 24.6 Å². The maximum atomic E-state index is 12.0. The molecule has 1 fully saturated rings. The maximum absolute atomic E-state index is 12.0. The van der Waals surface area contributed by atoms with E-state index in [4.69, 9.17) is 0 Å². The van der Waals surface area contributed by atoms with Crippen LogP contribution in [-0.2, 0) is 4.79 Å². The van der Waals surface area contributed by atoms with Crippen LogP contribution in [0.2, 0.25) is 0 Å². The fraction of sp³-hybridized carbons (Fsp3) is 0.556. The van der Waals surface area contributed by atoms with Crippen molar-refractivity contribution < 1.29 is 9.59 Å². The maximum Gasteiger partial charge on any atom is 0.251 e. The number of rotatable bonds is 5. The molecule has 0 atom stereocenters. The Morgan fingerprint density at radius 2 is 1.86 bits per heavy atom. The van der Waals surface area contributed by atoms with Crippen LogP contribution >= 0.6 is 0 Å². The van der Waals surface area contributed by atoms with Crippen molar-refractivity contribution in [1.29, 1.82) is 0 Å². The summed E-state index contributed by atoms with van der Waals surface area (Å²) in [5.74, 6) is -0.0811. The lowest BCUT2D eigenvalue weighted by Crippen LogP contribution is -2.36. The van der Waals surface area contributed by atoms with Gasteiger partial charge in [-0.15, -0.1) is 0 Å². The Bertz CT molecular complexity index is 506. The lowest BCUT2D eigenvalue weighted by atomic mass is 10.1. The van der Waals surface area contributed by atoms with E-state index in [2.05, 4.69) is 10.6 Å². The third-order valence-corrected chi connectivity index (χ3v) is 4.14. The highest BCUT2D eigenvalue weighted by Crippen LogP contribution is 2.17. The van der Waals surface area contributed by atoms with E-state index in [0.717, 1.165) is 18.4 Å². The topological polar surface area (TPSA) is 58.2 Å². The summed E-state index contributed by atoms with van der Waals surface area (Å²) in [6, 6.07) is 7.77. The number of nitrogens with one attached hydrogen (secondary N) is 2. The van der Waals surface area contributed by atoms with Gasteiger partial charge < -0.3 is 10.6 Å². The smallest absolute Gasteiger partial charge is 0.251 e. The van der Waals surface area contributed by atoms with Crippen molar-refractivity contribution in [3.8, 4) is 0 Å². The van der Waals surface area contributed by atoms with Crippen molar-refractivity contribution in [2.45, 2.75) is 57.9 Å². The van der Waals surface area contributed by atoms with Crippen molar-refractivity contribution >= 4 is 11.8 Å². The van der Waals surface area contributed by atoms with E-state index in [1.54, 1.807) is 6.07 Å². The molecule has 1 aliphatic carbocycles. The lowest BCUT2D eigenvalue weighted by molar-refractivity contribution is -0.121. The zero-order chi connectivity index (χ0) is 15.8.